The summed E-state index contributed by atoms with van der Waals surface area (Å²) in [5.41, 5.74) is -0.608. The number of carbonyl (C=O) groups is 2. The molecule has 0 aromatic heterocycles. The van der Waals surface area contributed by atoms with Crippen LogP contribution in [0.25, 0.3) is 0 Å². The maximum atomic E-state index is 12.0. The Morgan fingerprint density at radius 1 is 1.21 bits per heavy atom. The van der Waals surface area contributed by atoms with Gasteiger partial charge >= 0.3 is 23.9 Å². The van der Waals surface area contributed by atoms with Crippen molar-refractivity contribution in [2.75, 3.05) is 0 Å². The molecule has 1 aliphatic heterocycles. The summed E-state index contributed by atoms with van der Waals surface area (Å²) in [6, 6.07) is 0. The molecule has 1 rings (SSSR count). The second-order valence-corrected chi connectivity index (χ2v) is 6.57. The smallest absolute Gasteiger partial charge is 0.428 e. The van der Waals surface area contributed by atoms with Crippen molar-refractivity contribution >= 4 is 12.1 Å². The largest absolute Gasteiger partial charge is 0.511 e. The van der Waals surface area contributed by atoms with Gasteiger partial charge in [0.25, 0.3) is 0 Å². The number of ether oxygens (including phenoxy) is 4. The van der Waals surface area contributed by atoms with Crippen LogP contribution in [0.15, 0.2) is 12.2 Å². The number of rotatable bonds is 7. The number of hydrogen-bond donors (Lipinski definition) is 0. The minimum absolute atomic E-state index is 0.120. The molecule has 8 nitrogen and oxygen atoms in total. The normalized spacial score (nSPS) is 26.5. The molecule has 0 bridgehead atoms. The van der Waals surface area contributed by atoms with Crippen LogP contribution >= 0.6 is 0 Å². The van der Waals surface area contributed by atoms with E-state index in [1.165, 1.54) is 13.8 Å². The van der Waals surface area contributed by atoms with Gasteiger partial charge in [-0.25, -0.2) is 9.59 Å². The predicted octanol–water partition coefficient (Wildman–Crippen LogP) is 3.20. The summed E-state index contributed by atoms with van der Waals surface area (Å²) in [5, 5.41) is 0. The quantitative estimate of drug-likeness (QED) is 0.300. The third kappa shape index (κ3) is 4.46. The molecular weight excluding hydrogens is 320 g/mol. The molecule has 24 heavy (non-hydrogen) atoms. The van der Waals surface area contributed by atoms with E-state index in [0.717, 1.165) is 0 Å². The van der Waals surface area contributed by atoms with Crippen LogP contribution in [0.4, 0.5) is 4.79 Å². The van der Waals surface area contributed by atoms with Gasteiger partial charge in [-0.1, -0.05) is 13.5 Å². The van der Waals surface area contributed by atoms with Crippen LogP contribution in [-0.2, 0) is 33.5 Å². The highest BCUT2D eigenvalue weighted by Gasteiger charge is 2.71. The highest BCUT2D eigenvalue weighted by atomic mass is 17.3. The SMILES string of the molecule is C=C(C)C(=O)OC1(OC(C)C)OOC1(C)OC(=O)OC(C)(C)CC. The van der Waals surface area contributed by atoms with Crippen molar-refractivity contribution in [3.63, 3.8) is 0 Å². The van der Waals surface area contributed by atoms with Gasteiger partial charge in [-0.15, -0.1) is 4.89 Å². The Kier molecular flexibility index (Phi) is 6.02. The average Bonchev–Trinajstić information content (AvgIpc) is 2.43. The monoisotopic (exact) mass is 346 g/mol. The summed E-state index contributed by atoms with van der Waals surface area (Å²) in [6.07, 6.45) is -0.845. The van der Waals surface area contributed by atoms with E-state index in [-0.39, 0.29) is 5.57 Å². The first-order valence-corrected chi connectivity index (χ1v) is 7.72. The lowest BCUT2D eigenvalue weighted by molar-refractivity contribution is -0.698. The van der Waals surface area contributed by atoms with Crippen LogP contribution in [0.5, 0.6) is 0 Å². The molecular formula is C16H26O8. The Labute approximate surface area is 141 Å². The Bertz CT molecular complexity index is 512. The van der Waals surface area contributed by atoms with Gasteiger partial charge in [0.05, 0.1) is 6.10 Å². The first kappa shape index (κ1) is 20.4. The molecule has 2 unspecified atom stereocenters. The zero-order chi connectivity index (χ0) is 18.8. The van der Waals surface area contributed by atoms with Gasteiger partial charge in [-0.3, -0.25) is 0 Å². The van der Waals surface area contributed by atoms with Gasteiger partial charge < -0.3 is 18.9 Å². The molecule has 1 heterocycles. The summed E-state index contributed by atoms with van der Waals surface area (Å²) >= 11 is 0. The summed E-state index contributed by atoms with van der Waals surface area (Å²) < 4.78 is 21.0. The highest BCUT2D eigenvalue weighted by Crippen LogP contribution is 2.45. The second-order valence-electron chi connectivity index (χ2n) is 6.57. The van der Waals surface area contributed by atoms with E-state index in [1.54, 1.807) is 27.7 Å². The van der Waals surface area contributed by atoms with E-state index >= 15 is 0 Å². The molecule has 2 atom stereocenters. The Hall–Kier alpha value is -1.64. The zero-order valence-electron chi connectivity index (χ0n) is 15.3. The second kappa shape index (κ2) is 7.08. The van der Waals surface area contributed by atoms with Crippen LogP contribution in [0.2, 0.25) is 0 Å². The third-order valence-corrected chi connectivity index (χ3v) is 3.32. The number of carbonyl (C=O) groups excluding carboxylic acids is 2. The fourth-order valence-electron chi connectivity index (χ4n) is 1.56. The molecule has 0 amide bonds. The molecule has 0 aromatic carbocycles. The Morgan fingerprint density at radius 3 is 2.17 bits per heavy atom. The topological polar surface area (TPSA) is 89.5 Å². The molecule has 1 aliphatic rings. The lowest BCUT2D eigenvalue weighted by Gasteiger charge is -2.49. The van der Waals surface area contributed by atoms with Crippen molar-refractivity contribution in [1.29, 1.82) is 0 Å². The first-order chi connectivity index (χ1) is 10.9. The third-order valence-electron chi connectivity index (χ3n) is 3.32. The van der Waals surface area contributed by atoms with Crippen LogP contribution in [0, 0.1) is 0 Å². The molecule has 0 saturated carbocycles. The van der Waals surface area contributed by atoms with Crippen molar-refractivity contribution < 1.29 is 38.3 Å². The molecule has 1 saturated heterocycles. The van der Waals surface area contributed by atoms with Crippen LogP contribution in [0.3, 0.4) is 0 Å². The van der Waals surface area contributed by atoms with E-state index in [9.17, 15) is 9.59 Å². The summed E-state index contributed by atoms with van der Waals surface area (Å²) in [4.78, 5) is 33.7. The van der Waals surface area contributed by atoms with Gasteiger partial charge in [-0.05, 0) is 41.0 Å². The Morgan fingerprint density at radius 2 is 1.79 bits per heavy atom. The molecule has 0 N–H and O–H groups in total. The highest BCUT2D eigenvalue weighted by molar-refractivity contribution is 5.87. The van der Waals surface area contributed by atoms with E-state index in [1.807, 2.05) is 6.92 Å². The molecule has 1 fully saturated rings. The average molecular weight is 346 g/mol. The zero-order valence-corrected chi connectivity index (χ0v) is 15.3. The fraction of sp³-hybridized carbons (Fsp3) is 0.750. The molecule has 0 spiro atoms. The van der Waals surface area contributed by atoms with Gasteiger partial charge in [0.1, 0.15) is 5.60 Å². The first-order valence-electron chi connectivity index (χ1n) is 7.72. The standard InChI is InChI=1S/C16H26O8/c1-9-14(6,7)21-13(18)22-15(8)16(24-23-15,19-11(4)5)20-12(17)10(2)3/h11H,2,9H2,1,3-8H3. The van der Waals surface area contributed by atoms with Gasteiger partial charge in [0.15, 0.2) is 0 Å². The number of esters is 1. The summed E-state index contributed by atoms with van der Waals surface area (Å²) in [5.74, 6) is -4.66. The fourth-order valence-corrected chi connectivity index (χ4v) is 1.56. The van der Waals surface area contributed by atoms with Gasteiger partial charge in [0.2, 0.25) is 0 Å². The molecule has 138 valence electrons. The minimum Gasteiger partial charge on any atom is -0.428 e. The Balaban J connectivity index is 2.94. The molecule has 8 heteroatoms. The van der Waals surface area contributed by atoms with Gasteiger partial charge in [0, 0.05) is 12.5 Å². The van der Waals surface area contributed by atoms with Crippen molar-refractivity contribution in [3.8, 4) is 0 Å². The molecule has 0 aromatic rings. The van der Waals surface area contributed by atoms with E-state index < -0.39 is 35.6 Å². The lowest BCUT2D eigenvalue weighted by Crippen LogP contribution is -2.71. The van der Waals surface area contributed by atoms with Gasteiger partial charge in [-0.2, -0.15) is 4.89 Å². The van der Waals surface area contributed by atoms with Crippen molar-refractivity contribution in [2.24, 2.45) is 0 Å². The van der Waals surface area contributed by atoms with Crippen molar-refractivity contribution in [2.45, 2.75) is 78.4 Å². The summed E-state index contributed by atoms with van der Waals surface area (Å²) in [6.45, 7) is 15.0. The van der Waals surface area contributed by atoms with Crippen LogP contribution in [0.1, 0.15) is 54.9 Å². The molecule has 0 aliphatic carbocycles. The van der Waals surface area contributed by atoms with E-state index in [4.69, 9.17) is 28.7 Å². The maximum absolute atomic E-state index is 12.0. The van der Waals surface area contributed by atoms with E-state index in [2.05, 4.69) is 6.58 Å². The van der Waals surface area contributed by atoms with Crippen LogP contribution in [-0.4, -0.2) is 35.6 Å². The lowest BCUT2D eigenvalue weighted by atomic mass is 10.1. The van der Waals surface area contributed by atoms with Crippen LogP contribution < -0.4 is 0 Å². The molecule has 0 radical (unpaired) electrons. The summed E-state index contributed by atoms with van der Waals surface area (Å²) in [7, 11) is 0. The number of hydrogen-bond acceptors (Lipinski definition) is 8. The van der Waals surface area contributed by atoms with Crippen molar-refractivity contribution in [3.05, 3.63) is 12.2 Å². The predicted molar refractivity (Wildman–Crippen MR) is 82.4 cm³/mol. The minimum atomic E-state index is -2.05. The maximum Gasteiger partial charge on any atom is 0.511 e. The van der Waals surface area contributed by atoms with E-state index in [0.29, 0.717) is 6.42 Å². The van der Waals surface area contributed by atoms with Crippen molar-refractivity contribution in [1.82, 2.24) is 0 Å².